The van der Waals surface area contributed by atoms with Gasteiger partial charge in [-0.2, -0.15) is 10.2 Å². The van der Waals surface area contributed by atoms with Crippen LogP contribution >= 0.6 is 0 Å². The first-order chi connectivity index (χ1) is 12.7. The lowest BCUT2D eigenvalue weighted by molar-refractivity contribution is -0.00804. The Kier molecular flexibility index (Phi) is 6.27. The van der Waals surface area contributed by atoms with E-state index in [1.807, 2.05) is 30.3 Å². The summed E-state index contributed by atoms with van der Waals surface area (Å²) in [6.07, 6.45) is 7.84. The topological polar surface area (TPSA) is 83.4 Å². The Balaban J connectivity index is 1.58. The minimum Gasteiger partial charge on any atom is -0.370 e. The lowest BCUT2D eigenvalue weighted by Crippen LogP contribution is -2.48. The van der Waals surface area contributed by atoms with Crippen molar-refractivity contribution in [1.29, 1.82) is 0 Å². The van der Waals surface area contributed by atoms with Crippen molar-refractivity contribution < 1.29 is 4.74 Å². The Morgan fingerprint density at radius 1 is 1.46 bits per heavy atom. The minimum absolute atomic E-state index is 0.0369. The van der Waals surface area contributed by atoms with Crippen molar-refractivity contribution in [3.05, 3.63) is 35.4 Å². The number of guanidine groups is 1. The number of aryl methyl sites for hydroxylation is 3. The molecular formula is C18H29N7O. The second-order valence-corrected chi connectivity index (χ2v) is 6.61. The van der Waals surface area contributed by atoms with E-state index in [-0.39, 0.29) is 6.10 Å². The number of aliphatic imine (C=N–C) groups is 1. The molecule has 3 heterocycles. The molecule has 142 valence electrons. The van der Waals surface area contributed by atoms with Crippen LogP contribution in [-0.2, 0) is 18.2 Å². The number of aromatic nitrogens is 4. The van der Waals surface area contributed by atoms with Gasteiger partial charge >= 0.3 is 0 Å². The van der Waals surface area contributed by atoms with Crippen LogP contribution in [-0.4, -0.2) is 63.6 Å². The summed E-state index contributed by atoms with van der Waals surface area (Å²) in [4.78, 5) is 7.11. The van der Waals surface area contributed by atoms with Crippen molar-refractivity contribution in [2.75, 3.05) is 32.8 Å². The smallest absolute Gasteiger partial charge is 0.194 e. The van der Waals surface area contributed by atoms with Crippen molar-refractivity contribution in [2.45, 2.75) is 32.8 Å². The van der Waals surface area contributed by atoms with Crippen LogP contribution in [0.4, 0.5) is 0 Å². The zero-order chi connectivity index (χ0) is 18.4. The van der Waals surface area contributed by atoms with Gasteiger partial charge in [0.05, 0.1) is 25.5 Å². The molecule has 0 aromatic carbocycles. The molecule has 1 saturated heterocycles. The van der Waals surface area contributed by atoms with E-state index in [1.54, 1.807) is 0 Å². The molecule has 1 atom stereocenters. The fraction of sp³-hybridized carbons (Fsp3) is 0.611. The van der Waals surface area contributed by atoms with Crippen molar-refractivity contribution in [1.82, 2.24) is 30.2 Å². The molecule has 0 spiro atoms. The third kappa shape index (κ3) is 4.63. The van der Waals surface area contributed by atoms with Crippen molar-refractivity contribution in [2.24, 2.45) is 12.0 Å². The summed E-state index contributed by atoms with van der Waals surface area (Å²) in [5.74, 6) is 0.966. The largest absolute Gasteiger partial charge is 0.370 e. The summed E-state index contributed by atoms with van der Waals surface area (Å²) >= 11 is 0. The van der Waals surface area contributed by atoms with Gasteiger partial charge in [-0.1, -0.05) is 0 Å². The van der Waals surface area contributed by atoms with Gasteiger partial charge in [-0.05, 0) is 32.3 Å². The summed E-state index contributed by atoms with van der Waals surface area (Å²) < 4.78 is 7.75. The number of morpholine rings is 1. The van der Waals surface area contributed by atoms with E-state index in [0.717, 1.165) is 56.2 Å². The highest BCUT2D eigenvalue weighted by molar-refractivity contribution is 5.80. The molecule has 1 aliphatic rings. The van der Waals surface area contributed by atoms with Gasteiger partial charge in [0.2, 0.25) is 0 Å². The summed E-state index contributed by atoms with van der Waals surface area (Å²) in [7, 11) is 1.93. The van der Waals surface area contributed by atoms with E-state index in [1.165, 1.54) is 5.56 Å². The Labute approximate surface area is 154 Å². The third-order valence-electron chi connectivity index (χ3n) is 4.60. The van der Waals surface area contributed by atoms with E-state index in [0.29, 0.717) is 6.61 Å². The molecule has 0 bridgehead atoms. The molecule has 0 saturated carbocycles. The molecule has 2 N–H and O–H groups in total. The Morgan fingerprint density at radius 3 is 3.04 bits per heavy atom. The molecular weight excluding hydrogens is 330 g/mol. The summed E-state index contributed by atoms with van der Waals surface area (Å²) in [6, 6.07) is 0. The molecule has 2 aromatic heterocycles. The highest BCUT2D eigenvalue weighted by Crippen LogP contribution is 2.21. The van der Waals surface area contributed by atoms with Crippen molar-refractivity contribution >= 4 is 5.96 Å². The molecule has 26 heavy (non-hydrogen) atoms. The quantitative estimate of drug-likeness (QED) is 0.463. The van der Waals surface area contributed by atoms with E-state index < -0.39 is 0 Å². The maximum Gasteiger partial charge on any atom is 0.194 e. The summed E-state index contributed by atoms with van der Waals surface area (Å²) in [5.41, 5.74) is 3.53. The summed E-state index contributed by atoms with van der Waals surface area (Å²) in [6.45, 7) is 8.14. The van der Waals surface area contributed by atoms with Gasteiger partial charge in [0.15, 0.2) is 5.96 Å². The Bertz CT molecular complexity index is 721. The molecule has 8 nitrogen and oxygen atoms in total. The van der Waals surface area contributed by atoms with Crippen LogP contribution in [0.15, 0.2) is 23.6 Å². The Hall–Kier alpha value is -2.35. The van der Waals surface area contributed by atoms with Gasteiger partial charge in [-0.15, -0.1) is 0 Å². The van der Waals surface area contributed by atoms with Gasteiger partial charge in [0.1, 0.15) is 6.10 Å². The van der Waals surface area contributed by atoms with Crippen LogP contribution in [0.2, 0.25) is 0 Å². The second-order valence-electron chi connectivity index (χ2n) is 6.61. The summed E-state index contributed by atoms with van der Waals surface area (Å²) in [5, 5.41) is 14.7. The first-order valence-electron chi connectivity index (χ1n) is 9.29. The van der Waals surface area contributed by atoms with Crippen molar-refractivity contribution in [3.8, 4) is 0 Å². The fourth-order valence-electron chi connectivity index (χ4n) is 3.16. The molecule has 1 fully saturated rings. The van der Waals surface area contributed by atoms with Gasteiger partial charge in [-0.25, -0.2) is 0 Å². The third-order valence-corrected chi connectivity index (χ3v) is 4.60. The number of hydrogen-bond acceptors (Lipinski definition) is 4. The molecule has 1 unspecified atom stereocenters. The highest BCUT2D eigenvalue weighted by atomic mass is 16.5. The standard InChI is InChI=1S/C18H29N7O/c1-4-19-18(20-7-5-6-15-10-21-23-14(15)2)25-8-9-26-17(13-25)16-11-22-24(3)12-16/h10-12,17H,4-9,13H2,1-3H3,(H,19,20)(H,21,23). The molecule has 2 aromatic rings. The molecule has 1 aliphatic heterocycles. The maximum atomic E-state index is 5.94. The number of rotatable bonds is 6. The van der Waals surface area contributed by atoms with Crippen LogP contribution in [0.5, 0.6) is 0 Å². The lowest BCUT2D eigenvalue weighted by Gasteiger charge is -2.34. The molecule has 0 aliphatic carbocycles. The number of nitrogens with zero attached hydrogens (tertiary/aromatic N) is 5. The zero-order valence-corrected chi connectivity index (χ0v) is 15.9. The lowest BCUT2D eigenvalue weighted by atomic mass is 10.1. The predicted octanol–water partition coefficient (Wildman–Crippen LogP) is 1.42. The maximum absolute atomic E-state index is 5.94. The number of H-pyrrole nitrogens is 1. The monoisotopic (exact) mass is 359 g/mol. The highest BCUT2D eigenvalue weighted by Gasteiger charge is 2.25. The fourth-order valence-corrected chi connectivity index (χ4v) is 3.16. The number of aromatic amines is 1. The zero-order valence-electron chi connectivity index (χ0n) is 15.9. The SMILES string of the molecule is CCNC(=NCCCc1cn[nH]c1C)N1CCOC(c2cnn(C)c2)C1. The van der Waals surface area contributed by atoms with Gasteiger partial charge in [0, 0.05) is 44.1 Å². The van der Waals surface area contributed by atoms with E-state index in [4.69, 9.17) is 9.73 Å². The average Bonchev–Trinajstić information content (AvgIpc) is 3.26. The molecule has 3 rings (SSSR count). The number of nitrogens with one attached hydrogen (secondary N) is 2. The van der Waals surface area contributed by atoms with Gasteiger partial charge < -0.3 is 15.0 Å². The van der Waals surface area contributed by atoms with E-state index in [9.17, 15) is 0 Å². The molecule has 0 radical (unpaired) electrons. The van der Waals surface area contributed by atoms with E-state index in [2.05, 4.69) is 39.4 Å². The minimum atomic E-state index is 0.0369. The molecule has 8 heteroatoms. The van der Waals surface area contributed by atoms with Gasteiger partial charge in [0.25, 0.3) is 0 Å². The average molecular weight is 359 g/mol. The normalized spacial score (nSPS) is 18.3. The first-order valence-corrected chi connectivity index (χ1v) is 9.29. The Morgan fingerprint density at radius 2 is 2.35 bits per heavy atom. The van der Waals surface area contributed by atoms with E-state index >= 15 is 0 Å². The first kappa shape index (κ1) is 18.4. The van der Waals surface area contributed by atoms with Crippen molar-refractivity contribution in [3.63, 3.8) is 0 Å². The predicted molar refractivity (Wildman–Crippen MR) is 101 cm³/mol. The van der Waals surface area contributed by atoms with Crippen LogP contribution in [0.25, 0.3) is 0 Å². The van der Waals surface area contributed by atoms with Crippen LogP contribution in [0, 0.1) is 6.92 Å². The van der Waals surface area contributed by atoms with Crippen LogP contribution in [0.1, 0.15) is 36.3 Å². The second kappa shape index (κ2) is 8.84. The van der Waals surface area contributed by atoms with Crippen LogP contribution in [0.3, 0.4) is 0 Å². The van der Waals surface area contributed by atoms with Gasteiger partial charge in [-0.3, -0.25) is 14.8 Å². The molecule has 0 amide bonds. The number of ether oxygens (including phenoxy) is 1. The van der Waals surface area contributed by atoms with Crippen LogP contribution < -0.4 is 5.32 Å². The number of hydrogen-bond donors (Lipinski definition) is 2.